The summed E-state index contributed by atoms with van der Waals surface area (Å²) in [6.45, 7) is 0. The van der Waals surface area contributed by atoms with Gasteiger partial charge in [0.05, 0.1) is 0 Å². The molecule has 0 amide bonds. The summed E-state index contributed by atoms with van der Waals surface area (Å²) in [5, 5.41) is 9.54. The van der Waals surface area contributed by atoms with E-state index in [0.717, 1.165) is 22.7 Å². The van der Waals surface area contributed by atoms with E-state index in [-0.39, 0.29) is 0 Å². The van der Waals surface area contributed by atoms with E-state index in [4.69, 9.17) is 5.11 Å². The number of fused-ring (bicyclic) bond motifs is 1. The number of H-pyrrole nitrogens is 1. The van der Waals surface area contributed by atoms with Crippen LogP contribution in [0.15, 0.2) is 48.6 Å². The highest BCUT2D eigenvalue weighted by Crippen LogP contribution is 2.15. The molecule has 80 valence electrons. The van der Waals surface area contributed by atoms with Crippen LogP contribution in [-0.4, -0.2) is 16.1 Å². The minimum absolute atomic E-state index is 0.943. The number of carboxylic acid groups (broad SMARTS) is 1. The number of nitrogens with one attached hydrogen (secondary N) is 1. The Hall–Kier alpha value is -2.29. The summed E-state index contributed by atoms with van der Waals surface area (Å²) >= 11 is 0. The van der Waals surface area contributed by atoms with Crippen LogP contribution in [-0.2, 0) is 4.79 Å². The smallest absolute Gasteiger partial charge is 0.328 e. The molecular formula is C13H11NO2. The normalized spacial score (nSPS) is 11.8. The van der Waals surface area contributed by atoms with Crippen molar-refractivity contribution in [1.82, 2.24) is 4.98 Å². The highest BCUT2D eigenvalue weighted by Gasteiger charge is 1.94. The number of benzene rings is 1. The molecule has 0 fully saturated rings. The van der Waals surface area contributed by atoms with Crippen LogP contribution in [0.3, 0.4) is 0 Å². The van der Waals surface area contributed by atoms with Crippen molar-refractivity contribution in [1.29, 1.82) is 0 Å². The summed E-state index contributed by atoms with van der Waals surface area (Å²) in [5.74, 6) is -0.943. The van der Waals surface area contributed by atoms with Crippen molar-refractivity contribution in [3.8, 4) is 0 Å². The maximum atomic E-state index is 10.2. The lowest BCUT2D eigenvalue weighted by Gasteiger charge is -1.84. The molecule has 1 aromatic heterocycles. The van der Waals surface area contributed by atoms with Crippen molar-refractivity contribution in [3.05, 3.63) is 54.3 Å². The predicted octanol–water partition coefficient (Wildman–Crippen LogP) is 2.82. The molecule has 2 N–H and O–H groups in total. The molecule has 3 nitrogen and oxygen atoms in total. The molecule has 0 aliphatic rings. The van der Waals surface area contributed by atoms with E-state index in [0.29, 0.717) is 0 Å². The van der Waals surface area contributed by atoms with Crippen molar-refractivity contribution in [2.45, 2.75) is 0 Å². The summed E-state index contributed by atoms with van der Waals surface area (Å²) in [5.41, 5.74) is 2.03. The second-order valence-corrected chi connectivity index (χ2v) is 3.37. The van der Waals surface area contributed by atoms with Crippen molar-refractivity contribution in [2.75, 3.05) is 0 Å². The number of aliphatic carboxylic acids is 1. The average Bonchev–Trinajstić information content (AvgIpc) is 2.66. The molecule has 0 bridgehead atoms. The SMILES string of the molecule is O=C(O)C=CC=Cc1cc2ccccc2[nH]1. The maximum Gasteiger partial charge on any atom is 0.328 e. The highest BCUT2D eigenvalue weighted by molar-refractivity contribution is 5.83. The van der Waals surface area contributed by atoms with Crippen LogP contribution in [0.5, 0.6) is 0 Å². The highest BCUT2D eigenvalue weighted by atomic mass is 16.4. The first-order valence-corrected chi connectivity index (χ1v) is 4.91. The topological polar surface area (TPSA) is 53.1 Å². The zero-order valence-corrected chi connectivity index (χ0v) is 8.55. The van der Waals surface area contributed by atoms with Gasteiger partial charge < -0.3 is 10.1 Å². The van der Waals surface area contributed by atoms with Gasteiger partial charge >= 0.3 is 5.97 Å². The molecule has 0 saturated heterocycles. The number of allylic oxidation sites excluding steroid dienone is 2. The van der Waals surface area contributed by atoms with Crippen LogP contribution in [0, 0.1) is 0 Å². The third-order valence-electron chi connectivity index (χ3n) is 2.18. The van der Waals surface area contributed by atoms with Crippen molar-refractivity contribution in [2.24, 2.45) is 0 Å². The van der Waals surface area contributed by atoms with Gasteiger partial charge in [-0.2, -0.15) is 0 Å². The van der Waals surface area contributed by atoms with Gasteiger partial charge in [-0.15, -0.1) is 0 Å². The van der Waals surface area contributed by atoms with Crippen molar-refractivity contribution < 1.29 is 9.90 Å². The van der Waals surface area contributed by atoms with E-state index in [1.165, 1.54) is 6.08 Å². The molecule has 2 rings (SSSR count). The van der Waals surface area contributed by atoms with Gasteiger partial charge in [0.25, 0.3) is 0 Å². The van der Waals surface area contributed by atoms with Gasteiger partial charge in [0.15, 0.2) is 0 Å². The largest absolute Gasteiger partial charge is 0.478 e. The fourth-order valence-corrected chi connectivity index (χ4v) is 1.48. The molecule has 0 spiro atoms. The molecule has 0 aliphatic carbocycles. The molecule has 0 atom stereocenters. The lowest BCUT2D eigenvalue weighted by Crippen LogP contribution is -1.84. The predicted molar refractivity (Wildman–Crippen MR) is 64.1 cm³/mol. The molecule has 2 aromatic rings. The number of hydrogen-bond acceptors (Lipinski definition) is 1. The van der Waals surface area contributed by atoms with Gasteiger partial charge in [-0.1, -0.05) is 30.4 Å². The minimum atomic E-state index is -0.943. The summed E-state index contributed by atoms with van der Waals surface area (Å²) < 4.78 is 0. The standard InChI is InChI=1S/C13H11NO2/c15-13(16)8-4-2-6-11-9-10-5-1-3-7-12(10)14-11/h1-9,14H,(H,15,16). The van der Waals surface area contributed by atoms with E-state index in [1.807, 2.05) is 36.4 Å². The van der Waals surface area contributed by atoms with Gasteiger partial charge in [0.2, 0.25) is 0 Å². The molecule has 1 aromatic carbocycles. The molecule has 3 heteroatoms. The van der Waals surface area contributed by atoms with Crippen molar-refractivity contribution >= 4 is 22.9 Å². The number of aromatic nitrogens is 1. The second kappa shape index (κ2) is 4.49. The summed E-state index contributed by atoms with van der Waals surface area (Å²) in [7, 11) is 0. The zero-order chi connectivity index (χ0) is 11.4. The summed E-state index contributed by atoms with van der Waals surface area (Å²) in [6.07, 6.45) is 6.12. The number of para-hydroxylation sites is 1. The fraction of sp³-hybridized carbons (Fsp3) is 0. The third-order valence-corrected chi connectivity index (χ3v) is 2.18. The van der Waals surface area contributed by atoms with E-state index in [2.05, 4.69) is 4.98 Å². The Kier molecular flexibility index (Phi) is 2.87. The Morgan fingerprint density at radius 3 is 2.81 bits per heavy atom. The minimum Gasteiger partial charge on any atom is -0.478 e. The summed E-state index contributed by atoms with van der Waals surface area (Å²) in [4.78, 5) is 13.4. The molecule has 1 heterocycles. The third kappa shape index (κ3) is 2.39. The lowest BCUT2D eigenvalue weighted by atomic mass is 10.2. The number of carbonyl (C=O) groups is 1. The number of hydrogen-bond donors (Lipinski definition) is 2. The molecule has 16 heavy (non-hydrogen) atoms. The maximum absolute atomic E-state index is 10.2. The zero-order valence-electron chi connectivity index (χ0n) is 8.55. The Labute approximate surface area is 92.7 Å². The number of carboxylic acids is 1. The quantitative estimate of drug-likeness (QED) is 0.608. The van der Waals surface area contributed by atoms with E-state index in [1.54, 1.807) is 6.08 Å². The van der Waals surface area contributed by atoms with Crippen LogP contribution in [0.2, 0.25) is 0 Å². The first kappa shape index (κ1) is 10.2. The molecule has 0 radical (unpaired) electrons. The Bertz CT molecular complexity index is 531. The first-order chi connectivity index (χ1) is 7.75. The average molecular weight is 213 g/mol. The van der Waals surface area contributed by atoms with Crippen LogP contribution in [0.25, 0.3) is 17.0 Å². The van der Waals surface area contributed by atoms with Crippen molar-refractivity contribution in [3.63, 3.8) is 0 Å². The van der Waals surface area contributed by atoms with E-state index >= 15 is 0 Å². The summed E-state index contributed by atoms with van der Waals surface area (Å²) in [6, 6.07) is 9.99. The lowest BCUT2D eigenvalue weighted by molar-refractivity contribution is -0.131. The monoisotopic (exact) mass is 213 g/mol. The van der Waals surface area contributed by atoms with Crippen LogP contribution >= 0.6 is 0 Å². The number of rotatable bonds is 3. The van der Waals surface area contributed by atoms with Crippen LogP contribution < -0.4 is 0 Å². The Morgan fingerprint density at radius 2 is 2.06 bits per heavy atom. The van der Waals surface area contributed by atoms with Gasteiger partial charge in [-0.05, 0) is 23.6 Å². The molecular weight excluding hydrogens is 202 g/mol. The molecule has 0 saturated carbocycles. The first-order valence-electron chi connectivity index (χ1n) is 4.91. The molecule has 0 unspecified atom stereocenters. The Balaban J connectivity index is 2.18. The van der Waals surface area contributed by atoms with E-state index in [9.17, 15) is 4.79 Å². The number of aromatic amines is 1. The van der Waals surface area contributed by atoms with Gasteiger partial charge in [-0.25, -0.2) is 4.79 Å². The van der Waals surface area contributed by atoms with Crippen LogP contribution in [0.1, 0.15) is 5.69 Å². The van der Waals surface area contributed by atoms with E-state index < -0.39 is 5.97 Å². The molecule has 0 aliphatic heterocycles. The van der Waals surface area contributed by atoms with Gasteiger partial charge in [-0.3, -0.25) is 0 Å². The van der Waals surface area contributed by atoms with Gasteiger partial charge in [0.1, 0.15) is 0 Å². The fourth-order valence-electron chi connectivity index (χ4n) is 1.48. The second-order valence-electron chi connectivity index (χ2n) is 3.37. The van der Waals surface area contributed by atoms with Crippen LogP contribution in [0.4, 0.5) is 0 Å². The van der Waals surface area contributed by atoms with Gasteiger partial charge in [0, 0.05) is 17.3 Å². The Morgan fingerprint density at radius 1 is 1.25 bits per heavy atom.